The maximum atomic E-state index is 6.13. The Morgan fingerprint density at radius 2 is 2.10 bits per heavy atom. The van der Waals surface area contributed by atoms with Crippen LogP contribution in [0.2, 0.25) is 0 Å². The minimum atomic E-state index is 0.127. The highest BCUT2D eigenvalue weighted by Gasteiger charge is 2.22. The van der Waals surface area contributed by atoms with E-state index in [0.717, 1.165) is 25.3 Å². The van der Waals surface area contributed by atoms with Crippen LogP contribution in [0.3, 0.4) is 0 Å². The van der Waals surface area contributed by atoms with E-state index in [0.29, 0.717) is 6.04 Å². The van der Waals surface area contributed by atoms with Gasteiger partial charge in [-0.25, -0.2) is 0 Å². The summed E-state index contributed by atoms with van der Waals surface area (Å²) in [5, 5.41) is 3.58. The van der Waals surface area contributed by atoms with Gasteiger partial charge in [0.2, 0.25) is 0 Å². The average Bonchev–Trinajstić information content (AvgIpc) is 3.34. The normalized spacial score (nSPS) is 15.9. The van der Waals surface area contributed by atoms with Crippen molar-refractivity contribution in [3.05, 3.63) is 29.8 Å². The van der Waals surface area contributed by atoms with Gasteiger partial charge >= 0.3 is 0 Å². The second-order valence-electron chi connectivity index (χ2n) is 5.88. The van der Waals surface area contributed by atoms with E-state index >= 15 is 0 Å². The van der Waals surface area contributed by atoms with Crippen LogP contribution in [0.25, 0.3) is 0 Å². The molecule has 1 atom stereocenters. The zero-order valence-electron chi connectivity index (χ0n) is 13.4. The fourth-order valence-electron chi connectivity index (χ4n) is 2.43. The van der Waals surface area contributed by atoms with Gasteiger partial charge in [0.1, 0.15) is 5.75 Å². The van der Waals surface area contributed by atoms with Crippen LogP contribution in [0.1, 0.15) is 57.1 Å². The fraction of sp³-hybridized carbons (Fsp3) is 0.667. The van der Waals surface area contributed by atoms with Gasteiger partial charge in [0, 0.05) is 19.2 Å². The van der Waals surface area contributed by atoms with Gasteiger partial charge in [-0.2, -0.15) is 0 Å². The fourth-order valence-corrected chi connectivity index (χ4v) is 2.43. The van der Waals surface area contributed by atoms with E-state index in [2.05, 4.69) is 24.4 Å². The highest BCUT2D eigenvalue weighted by Crippen LogP contribution is 2.24. The number of unbranched alkanes of at least 4 members (excludes halogenated alkanes) is 3. The van der Waals surface area contributed by atoms with Gasteiger partial charge in [0.25, 0.3) is 0 Å². The van der Waals surface area contributed by atoms with Gasteiger partial charge < -0.3 is 14.8 Å². The maximum Gasteiger partial charge on any atom is 0.119 e. The van der Waals surface area contributed by atoms with Crippen LogP contribution in [-0.4, -0.2) is 26.3 Å². The molecule has 1 N–H and O–H groups in total. The SMILES string of the molecule is CCCCCCOC(CNC1CC1)c1cccc(OC)c1. The smallest absolute Gasteiger partial charge is 0.119 e. The first-order valence-corrected chi connectivity index (χ1v) is 8.32. The molecule has 0 aromatic heterocycles. The van der Waals surface area contributed by atoms with Crippen LogP contribution in [-0.2, 0) is 4.74 Å². The molecule has 21 heavy (non-hydrogen) atoms. The second kappa shape index (κ2) is 9.06. The van der Waals surface area contributed by atoms with Crippen LogP contribution in [0, 0.1) is 0 Å². The van der Waals surface area contributed by atoms with Crippen LogP contribution < -0.4 is 10.1 Å². The lowest BCUT2D eigenvalue weighted by atomic mass is 10.1. The molecule has 0 spiro atoms. The Bertz CT molecular complexity index is 404. The Balaban J connectivity index is 1.86. The summed E-state index contributed by atoms with van der Waals surface area (Å²) in [5.74, 6) is 0.901. The molecular formula is C18H29NO2. The molecule has 1 aliphatic rings. The van der Waals surface area contributed by atoms with Crippen LogP contribution in [0.4, 0.5) is 0 Å². The molecule has 3 nitrogen and oxygen atoms in total. The highest BCUT2D eigenvalue weighted by molar-refractivity contribution is 5.30. The Morgan fingerprint density at radius 1 is 1.24 bits per heavy atom. The molecule has 0 aliphatic heterocycles. The van der Waals surface area contributed by atoms with Crippen molar-refractivity contribution in [2.24, 2.45) is 0 Å². The van der Waals surface area contributed by atoms with E-state index < -0.39 is 0 Å². The minimum Gasteiger partial charge on any atom is -0.497 e. The summed E-state index contributed by atoms with van der Waals surface area (Å²) < 4.78 is 11.5. The Kier molecular flexibility index (Phi) is 7.04. The first kappa shape index (κ1) is 16.3. The average molecular weight is 291 g/mol. The monoisotopic (exact) mass is 291 g/mol. The van der Waals surface area contributed by atoms with Crippen molar-refractivity contribution in [3.63, 3.8) is 0 Å². The Labute approximate surface area is 129 Å². The maximum absolute atomic E-state index is 6.13. The summed E-state index contributed by atoms with van der Waals surface area (Å²) in [6, 6.07) is 8.95. The summed E-state index contributed by atoms with van der Waals surface area (Å²) >= 11 is 0. The van der Waals surface area contributed by atoms with Crippen molar-refractivity contribution in [1.82, 2.24) is 5.32 Å². The van der Waals surface area contributed by atoms with E-state index in [4.69, 9.17) is 9.47 Å². The van der Waals surface area contributed by atoms with E-state index in [9.17, 15) is 0 Å². The van der Waals surface area contributed by atoms with E-state index in [1.807, 2.05) is 12.1 Å². The first-order chi connectivity index (χ1) is 10.3. The molecular weight excluding hydrogens is 262 g/mol. The molecule has 1 unspecified atom stereocenters. The number of ether oxygens (including phenoxy) is 2. The summed E-state index contributed by atoms with van der Waals surface area (Å²) in [4.78, 5) is 0. The number of hydrogen-bond donors (Lipinski definition) is 1. The van der Waals surface area contributed by atoms with Crippen LogP contribution in [0.5, 0.6) is 5.75 Å². The number of nitrogens with one attached hydrogen (secondary N) is 1. The molecule has 1 saturated carbocycles. The molecule has 0 heterocycles. The van der Waals surface area contributed by atoms with Gasteiger partial charge in [0.15, 0.2) is 0 Å². The van der Waals surface area contributed by atoms with Crippen molar-refractivity contribution in [2.75, 3.05) is 20.3 Å². The first-order valence-electron chi connectivity index (χ1n) is 8.32. The molecule has 3 heteroatoms. The molecule has 1 aliphatic carbocycles. The van der Waals surface area contributed by atoms with Crippen LogP contribution >= 0.6 is 0 Å². The summed E-state index contributed by atoms with van der Waals surface area (Å²) in [7, 11) is 1.71. The molecule has 1 aromatic carbocycles. The quantitative estimate of drug-likeness (QED) is 0.623. The summed E-state index contributed by atoms with van der Waals surface area (Å²) in [6.07, 6.45) is 7.72. The molecule has 118 valence electrons. The van der Waals surface area contributed by atoms with E-state index in [-0.39, 0.29) is 6.10 Å². The molecule has 0 amide bonds. The summed E-state index contributed by atoms with van der Waals surface area (Å²) in [6.45, 7) is 3.97. The van der Waals surface area contributed by atoms with Crippen LogP contribution in [0.15, 0.2) is 24.3 Å². The number of hydrogen-bond acceptors (Lipinski definition) is 3. The van der Waals surface area contributed by atoms with Gasteiger partial charge in [-0.15, -0.1) is 0 Å². The van der Waals surface area contributed by atoms with Gasteiger partial charge in [-0.3, -0.25) is 0 Å². The van der Waals surface area contributed by atoms with E-state index in [1.54, 1.807) is 7.11 Å². The molecule has 0 saturated heterocycles. The lowest BCUT2D eigenvalue weighted by Gasteiger charge is -2.19. The van der Waals surface area contributed by atoms with Crippen molar-refractivity contribution in [1.29, 1.82) is 0 Å². The largest absolute Gasteiger partial charge is 0.497 e. The van der Waals surface area contributed by atoms with Gasteiger partial charge in [-0.1, -0.05) is 38.3 Å². The number of methoxy groups -OCH3 is 1. The third-order valence-corrected chi connectivity index (χ3v) is 3.95. The topological polar surface area (TPSA) is 30.5 Å². The zero-order chi connectivity index (χ0) is 14.9. The Hall–Kier alpha value is -1.06. The van der Waals surface area contributed by atoms with Crippen molar-refractivity contribution in [2.45, 2.75) is 57.6 Å². The minimum absolute atomic E-state index is 0.127. The third-order valence-electron chi connectivity index (χ3n) is 3.95. The van der Waals surface area contributed by atoms with Gasteiger partial charge in [0.05, 0.1) is 13.2 Å². The van der Waals surface area contributed by atoms with Crippen molar-refractivity contribution in [3.8, 4) is 5.75 Å². The Morgan fingerprint density at radius 3 is 2.81 bits per heavy atom. The molecule has 1 aromatic rings. The molecule has 2 rings (SSSR count). The number of benzene rings is 1. The highest BCUT2D eigenvalue weighted by atomic mass is 16.5. The van der Waals surface area contributed by atoms with Crippen molar-refractivity contribution >= 4 is 0 Å². The summed E-state index contributed by atoms with van der Waals surface area (Å²) in [5.41, 5.74) is 1.21. The third kappa shape index (κ3) is 6.06. The second-order valence-corrected chi connectivity index (χ2v) is 5.88. The van der Waals surface area contributed by atoms with E-state index in [1.165, 1.54) is 37.7 Å². The van der Waals surface area contributed by atoms with Gasteiger partial charge in [-0.05, 0) is 37.0 Å². The predicted molar refractivity (Wildman–Crippen MR) is 86.9 cm³/mol. The molecule has 0 radical (unpaired) electrons. The predicted octanol–water partition coefficient (Wildman–Crippen LogP) is 4.09. The lowest BCUT2D eigenvalue weighted by Crippen LogP contribution is -2.25. The van der Waals surface area contributed by atoms with Crippen molar-refractivity contribution < 1.29 is 9.47 Å². The number of rotatable bonds is 11. The zero-order valence-corrected chi connectivity index (χ0v) is 13.4. The molecule has 1 fully saturated rings. The standard InChI is InChI=1S/C18H29NO2/c1-3-4-5-6-12-21-18(14-19-16-10-11-16)15-8-7-9-17(13-15)20-2/h7-9,13,16,18-19H,3-6,10-12,14H2,1-2H3. The lowest BCUT2D eigenvalue weighted by molar-refractivity contribution is 0.0495. The molecule has 0 bridgehead atoms.